The molecule has 1 amide bonds. The van der Waals surface area contributed by atoms with Gasteiger partial charge < -0.3 is 19.9 Å². The molecule has 1 aromatic heterocycles. The Labute approximate surface area is 292 Å². The highest BCUT2D eigenvalue weighted by Gasteiger charge is 2.39. The SMILES string of the molecule is CC#Cc1cc(-c2c(C)cc(F)cc2C)c(F)c([C@@H](CC(=O)O)NC(=O)[C@@H](CC(C)C)n2cc(C3CCN(C)CC3)c(C(F)(F)F)cc2=O)c1F. The van der Waals surface area contributed by atoms with Gasteiger partial charge in [0.2, 0.25) is 5.91 Å². The van der Waals surface area contributed by atoms with Gasteiger partial charge in [0.15, 0.2) is 0 Å². The van der Waals surface area contributed by atoms with Crippen molar-refractivity contribution >= 4 is 11.9 Å². The summed E-state index contributed by atoms with van der Waals surface area (Å²) in [6.07, 6.45) is -4.11. The molecule has 1 aliphatic heterocycles. The molecular formula is C38H41F6N3O4. The molecule has 274 valence electrons. The average molecular weight is 718 g/mol. The van der Waals surface area contributed by atoms with E-state index in [0.29, 0.717) is 43.1 Å². The molecule has 0 bridgehead atoms. The zero-order valence-corrected chi connectivity index (χ0v) is 29.3. The van der Waals surface area contributed by atoms with E-state index in [4.69, 9.17) is 0 Å². The van der Waals surface area contributed by atoms with Gasteiger partial charge in [-0.15, -0.1) is 5.92 Å². The number of hydrogen-bond donors (Lipinski definition) is 2. The summed E-state index contributed by atoms with van der Waals surface area (Å²) in [4.78, 5) is 41.6. The monoisotopic (exact) mass is 717 g/mol. The molecule has 2 heterocycles. The Bertz CT molecular complexity index is 1910. The maximum atomic E-state index is 16.6. The summed E-state index contributed by atoms with van der Waals surface area (Å²) in [7, 11) is 1.85. The van der Waals surface area contributed by atoms with Crippen molar-refractivity contribution in [1.82, 2.24) is 14.8 Å². The van der Waals surface area contributed by atoms with Gasteiger partial charge in [0.1, 0.15) is 23.5 Å². The predicted octanol–water partition coefficient (Wildman–Crippen LogP) is 7.67. The van der Waals surface area contributed by atoms with E-state index in [1.165, 1.54) is 20.8 Å². The molecule has 0 spiro atoms. The Morgan fingerprint density at radius 2 is 1.63 bits per heavy atom. The van der Waals surface area contributed by atoms with Gasteiger partial charge in [-0.3, -0.25) is 14.4 Å². The van der Waals surface area contributed by atoms with Crippen LogP contribution in [0.25, 0.3) is 11.1 Å². The van der Waals surface area contributed by atoms with E-state index in [-0.39, 0.29) is 34.6 Å². The van der Waals surface area contributed by atoms with Crippen molar-refractivity contribution in [3.05, 3.63) is 91.6 Å². The number of carbonyl (C=O) groups is 2. The number of hydrogen-bond acceptors (Lipinski definition) is 4. The van der Waals surface area contributed by atoms with Crippen molar-refractivity contribution in [1.29, 1.82) is 0 Å². The molecule has 0 unspecified atom stereocenters. The van der Waals surface area contributed by atoms with Crippen LogP contribution in [0.3, 0.4) is 0 Å². The van der Waals surface area contributed by atoms with Crippen LogP contribution in [0.2, 0.25) is 0 Å². The molecule has 1 saturated heterocycles. The number of piperidine rings is 1. The first kappa shape index (κ1) is 39.2. The van der Waals surface area contributed by atoms with E-state index < -0.39 is 76.6 Å². The van der Waals surface area contributed by atoms with Gasteiger partial charge in [0.25, 0.3) is 5.56 Å². The van der Waals surface area contributed by atoms with Gasteiger partial charge >= 0.3 is 12.1 Å². The van der Waals surface area contributed by atoms with Crippen molar-refractivity contribution < 1.29 is 41.0 Å². The molecule has 2 aromatic carbocycles. The summed E-state index contributed by atoms with van der Waals surface area (Å²) < 4.78 is 90.6. The van der Waals surface area contributed by atoms with Crippen LogP contribution in [0.5, 0.6) is 0 Å². The quantitative estimate of drug-likeness (QED) is 0.166. The first-order chi connectivity index (χ1) is 23.8. The lowest BCUT2D eigenvalue weighted by atomic mass is 9.87. The number of carbonyl (C=O) groups excluding carboxylic acids is 1. The van der Waals surface area contributed by atoms with Crippen LogP contribution in [0.4, 0.5) is 26.3 Å². The molecule has 0 saturated carbocycles. The summed E-state index contributed by atoms with van der Waals surface area (Å²) in [5.74, 6) is -1.37. The van der Waals surface area contributed by atoms with Crippen LogP contribution < -0.4 is 10.9 Å². The summed E-state index contributed by atoms with van der Waals surface area (Å²) in [6, 6.07) is 0.601. The van der Waals surface area contributed by atoms with E-state index in [1.807, 2.05) is 11.9 Å². The van der Waals surface area contributed by atoms with Gasteiger partial charge in [-0.05, 0) is 112 Å². The molecule has 0 aliphatic carbocycles. The Balaban J connectivity index is 1.89. The third-order valence-corrected chi connectivity index (χ3v) is 9.21. The molecule has 51 heavy (non-hydrogen) atoms. The van der Waals surface area contributed by atoms with Crippen molar-refractivity contribution in [2.45, 2.75) is 84.5 Å². The minimum absolute atomic E-state index is 0.0741. The van der Waals surface area contributed by atoms with Gasteiger partial charge in [-0.25, -0.2) is 13.2 Å². The molecule has 1 fully saturated rings. The first-order valence-corrected chi connectivity index (χ1v) is 16.6. The molecule has 2 N–H and O–H groups in total. The molecule has 0 radical (unpaired) electrons. The van der Waals surface area contributed by atoms with E-state index >= 15 is 8.78 Å². The van der Waals surface area contributed by atoms with Crippen molar-refractivity contribution in [2.24, 2.45) is 5.92 Å². The molecule has 3 aromatic rings. The number of pyridine rings is 1. The number of aryl methyl sites for hydroxylation is 2. The lowest BCUT2D eigenvalue weighted by Gasteiger charge is -2.32. The number of halogens is 6. The lowest BCUT2D eigenvalue weighted by Crippen LogP contribution is -2.41. The third-order valence-electron chi connectivity index (χ3n) is 9.21. The zero-order valence-electron chi connectivity index (χ0n) is 29.3. The zero-order chi connectivity index (χ0) is 37.9. The van der Waals surface area contributed by atoms with E-state index in [0.717, 1.165) is 29.0 Å². The topological polar surface area (TPSA) is 91.6 Å². The molecule has 4 rings (SSSR count). The van der Waals surface area contributed by atoms with E-state index in [1.54, 1.807) is 13.8 Å². The molecule has 13 heteroatoms. The number of rotatable bonds is 10. The summed E-state index contributed by atoms with van der Waals surface area (Å²) >= 11 is 0. The third kappa shape index (κ3) is 8.84. The highest BCUT2D eigenvalue weighted by Crippen LogP contribution is 2.40. The molecular weight excluding hydrogens is 676 g/mol. The van der Waals surface area contributed by atoms with Crippen LogP contribution >= 0.6 is 0 Å². The smallest absolute Gasteiger partial charge is 0.416 e. The first-order valence-electron chi connectivity index (χ1n) is 16.6. The van der Waals surface area contributed by atoms with Crippen LogP contribution in [-0.4, -0.2) is 46.6 Å². The maximum absolute atomic E-state index is 16.6. The summed E-state index contributed by atoms with van der Waals surface area (Å²) in [5.41, 5.74) is -2.86. The van der Waals surface area contributed by atoms with Crippen LogP contribution in [0.15, 0.2) is 35.3 Å². The fourth-order valence-electron chi connectivity index (χ4n) is 6.87. The second-order valence-corrected chi connectivity index (χ2v) is 13.6. The van der Waals surface area contributed by atoms with Crippen LogP contribution in [-0.2, 0) is 15.8 Å². The number of alkyl halides is 3. The fraction of sp³-hybridized carbons (Fsp3) is 0.447. The van der Waals surface area contributed by atoms with Crippen molar-refractivity contribution in [3.8, 4) is 23.0 Å². The second kappa shape index (κ2) is 15.8. The largest absolute Gasteiger partial charge is 0.481 e. The Hall–Kier alpha value is -4.57. The summed E-state index contributed by atoms with van der Waals surface area (Å²) in [6.45, 7) is 8.92. The van der Waals surface area contributed by atoms with E-state index in [2.05, 4.69) is 17.2 Å². The number of nitrogens with one attached hydrogen (secondary N) is 1. The highest BCUT2D eigenvalue weighted by atomic mass is 19.4. The number of amides is 1. The second-order valence-electron chi connectivity index (χ2n) is 13.6. The Morgan fingerprint density at radius 3 is 2.16 bits per heavy atom. The van der Waals surface area contributed by atoms with Gasteiger partial charge in [0.05, 0.1) is 23.6 Å². The lowest BCUT2D eigenvalue weighted by molar-refractivity contribution is -0.139. The molecule has 7 nitrogen and oxygen atoms in total. The van der Waals surface area contributed by atoms with Crippen molar-refractivity contribution in [3.63, 3.8) is 0 Å². The Morgan fingerprint density at radius 1 is 1.02 bits per heavy atom. The number of likely N-dealkylation sites (tertiary alicyclic amines) is 1. The van der Waals surface area contributed by atoms with Gasteiger partial charge in [0, 0.05) is 23.4 Å². The molecule has 2 atom stereocenters. The number of aliphatic carboxylic acids is 1. The average Bonchev–Trinajstić information content (AvgIpc) is 3.01. The van der Waals surface area contributed by atoms with Gasteiger partial charge in [-0.1, -0.05) is 19.8 Å². The van der Waals surface area contributed by atoms with Crippen LogP contribution in [0, 0.1) is 49.1 Å². The normalized spacial score (nSPS) is 15.3. The number of nitrogens with zero attached hydrogens (tertiary/aromatic N) is 2. The van der Waals surface area contributed by atoms with Crippen LogP contribution in [0.1, 0.15) is 97.8 Å². The Kier molecular flexibility index (Phi) is 12.1. The summed E-state index contributed by atoms with van der Waals surface area (Å²) in [5, 5.41) is 12.3. The number of carboxylic acids is 1. The maximum Gasteiger partial charge on any atom is 0.416 e. The molecule has 1 aliphatic rings. The van der Waals surface area contributed by atoms with Gasteiger partial charge in [-0.2, -0.15) is 13.2 Å². The standard InChI is InChI=1S/C38H41F6N3O4/c1-7-8-24-16-26(33-21(4)14-25(39)15-22(33)5)36(41)34(35(24)40)29(18-32(49)50)45-37(51)30(13-20(2)3)47-19-27(23-9-11-46(6)12-10-23)28(17-31(47)48)38(42,43)44/h14-17,19-20,23,29-30H,9-13,18H2,1-6H3,(H,45,51)(H,49,50)/t29-,30-/m1/s1. The highest BCUT2D eigenvalue weighted by molar-refractivity contribution is 5.82. The minimum Gasteiger partial charge on any atom is -0.481 e. The number of aromatic nitrogens is 1. The van der Waals surface area contributed by atoms with Crippen molar-refractivity contribution in [2.75, 3.05) is 20.1 Å². The predicted molar refractivity (Wildman–Crippen MR) is 181 cm³/mol. The number of benzene rings is 2. The van der Waals surface area contributed by atoms with E-state index in [9.17, 15) is 37.1 Å². The number of carboxylic acid groups (broad SMARTS) is 1. The minimum atomic E-state index is -4.85. The fourth-order valence-corrected chi connectivity index (χ4v) is 6.87.